The van der Waals surface area contributed by atoms with Crippen molar-refractivity contribution in [3.05, 3.63) is 71.8 Å². The van der Waals surface area contributed by atoms with Gasteiger partial charge in [0.1, 0.15) is 0 Å². The highest BCUT2D eigenvalue weighted by Gasteiger charge is 1.95. The zero-order valence-corrected chi connectivity index (χ0v) is 12.1. The molecule has 0 nitrogen and oxygen atoms in total. The molecule has 0 aliphatic rings. The molecule has 0 saturated heterocycles. The van der Waals surface area contributed by atoms with Gasteiger partial charge >= 0.3 is 0 Å². The van der Waals surface area contributed by atoms with Gasteiger partial charge in [0, 0.05) is 10.7 Å². The summed E-state index contributed by atoms with van der Waals surface area (Å²) in [5, 5.41) is 1.88. The van der Waals surface area contributed by atoms with E-state index >= 15 is 0 Å². The van der Waals surface area contributed by atoms with Gasteiger partial charge in [-0.15, -0.1) is 0 Å². The summed E-state index contributed by atoms with van der Waals surface area (Å²) in [7, 11) is 0. The smallest absolute Gasteiger partial charge is 0.0286 e. The van der Waals surface area contributed by atoms with E-state index in [0.717, 1.165) is 10.7 Å². The molecule has 0 fully saturated rings. The monoisotopic (exact) mass is 340 g/mol. The van der Waals surface area contributed by atoms with Gasteiger partial charge in [-0.25, -0.2) is 0 Å². The predicted octanol–water partition coefficient (Wildman–Crippen LogP) is 5.16. The Balaban J connectivity index is 0.000000181. The molecule has 84 valence electrons. The van der Waals surface area contributed by atoms with Gasteiger partial charge in [0.15, 0.2) is 0 Å². The van der Waals surface area contributed by atoms with E-state index < -0.39 is 0 Å². The summed E-state index contributed by atoms with van der Waals surface area (Å²) >= 11 is 6.86. The van der Waals surface area contributed by atoms with Crippen molar-refractivity contribution >= 4 is 31.9 Å². The third-order valence-electron chi connectivity index (χ3n) is 2.07. The molecule has 0 atom stereocenters. The van der Waals surface area contributed by atoms with Crippen LogP contribution in [-0.4, -0.2) is 0 Å². The second kappa shape index (κ2) is 8.54. The molecule has 2 rings (SSSR count). The van der Waals surface area contributed by atoms with Crippen molar-refractivity contribution in [3.8, 4) is 0 Å². The highest BCUT2D eigenvalue weighted by atomic mass is 79.9. The lowest BCUT2D eigenvalue weighted by Gasteiger charge is -2.00. The van der Waals surface area contributed by atoms with E-state index in [0.29, 0.717) is 0 Å². The molecule has 2 aromatic carbocycles. The summed E-state index contributed by atoms with van der Waals surface area (Å²) < 4.78 is 0. The number of alkyl halides is 2. The van der Waals surface area contributed by atoms with E-state index in [4.69, 9.17) is 0 Å². The Morgan fingerprint density at radius 3 is 1.12 bits per heavy atom. The molecule has 16 heavy (non-hydrogen) atoms. The first-order valence-corrected chi connectivity index (χ1v) is 7.31. The summed E-state index contributed by atoms with van der Waals surface area (Å²) in [6.07, 6.45) is 0. The maximum Gasteiger partial charge on any atom is 0.0286 e. The Bertz CT molecular complexity index is 335. The second-order valence-corrected chi connectivity index (χ2v) is 4.31. The maximum absolute atomic E-state index is 3.43. The van der Waals surface area contributed by atoms with Crippen LogP contribution in [0.2, 0.25) is 0 Å². The average molecular weight is 342 g/mol. The van der Waals surface area contributed by atoms with Crippen LogP contribution >= 0.6 is 31.9 Å². The first kappa shape index (κ1) is 13.5. The van der Waals surface area contributed by atoms with E-state index in [-0.39, 0.29) is 0 Å². The van der Waals surface area contributed by atoms with Crippen LogP contribution in [0.4, 0.5) is 0 Å². The molecule has 2 heteroatoms. The Morgan fingerprint density at radius 2 is 0.875 bits per heavy atom. The summed E-state index contributed by atoms with van der Waals surface area (Å²) in [5.41, 5.74) is 2.72. The van der Waals surface area contributed by atoms with Crippen molar-refractivity contribution in [2.75, 3.05) is 0 Å². The number of benzene rings is 2. The minimum absolute atomic E-state index is 0.939. The van der Waals surface area contributed by atoms with Crippen molar-refractivity contribution in [2.24, 2.45) is 0 Å². The summed E-state index contributed by atoms with van der Waals surface area (Å²) in [5.74, 6) is 0. The molecule has 0 saturated carbocycles. The number of halogens is 2. The Kier molecular flexibility index (Phi) is 7.19. The maximum atomic E-state index is 3.43. The molecule has 0 amide bonds. The van der Waals surface area contributed by atoms with Crippen molar-refractivity contribution in [1.29, 1.82) is 0 Å². The lowest BCUT2D eigenvalue weighted by Crippen LogP contribution is -1.84. The van der Waals surface area contributed by atoms with E-state index in [9.17, 15) is 0 Å². The quantitative estimate of drug-likeness (QED) is 0.661. The van der Waals surface area contributed by atoms with Gasteiger partial charge < -0.3 is 0 Å². The van der Waals surface area contributed by atoms with Gasteiger partial charge in [-0.1, -0.05) is 92.5 Å². The molecule has 2 aromatic rings. The summed E-state index contributed by atoms with van der Waals surface area (Å²) in [6.45, 7) is 0. The Hall–Kier alpha value is -0.600. The van der Waals surface area contributed by atoms with Crippen LogP contribution in [-0.2, 0) is 10.7 Å². The minimum atomic E-state index is 0.939. The second-order valence-electron chi connectivity index (χ2n) is 3.19. The number of hydrogen-bond donors (Lipinski definition) is 0. The van der Waals surface area contributed by atoms with E-state index in [1.54, 1.807) is 0 Å². The zero-order valence-electron chi connectivity index (χ0n) is 8.94. The molecule has 0 bridgehead atoms. The molecule has 0 radical (unpaired) electrons. The Morgan fingerprint density at radius 1 is 0.562 bits per heavy atom. The first-order chi connectivity index (χ1) is 7.88. The van der Waals surface area contributed by atoms with Crippen LogP contribution in [0, 0.1) is 0 Å². The van der Waals surface area contributed by atoms with Crippen molar-refractivity contribution in [2.45, 2.75) is 10.7 Å². The van der Waals surface area contributed by atoms with Gasteiger partial charge in [-0.2, -0.15) is 0 Å². The van der Waals surface area contributed by atoms with Gasteiger partial charge in [-0.05, 0) is 11.1 Å². The fourth-order valence-electron chi connectivity index (χ4n) is 1.20. The fourth-order valence-corrected chi connectivity index (χ4v) is 2.30. The molecule has 0 N–H and O–H groups in total. The van der Waals surface area contributed by atoms with Crippen LogP contribution in [0.25, 0.3) is 0 Å². The van der Waals surface area contributed by atoms with Crippen molar-refractivity contribution < 1.29 is 0 Å². The topological polar surface area (TPSA) is 0 Å². The third kappa shape index (κ3) is 4.95. The van der Waals surface area contributed by atoms with Gasteiger partial charge in [0.05, 0.1) is 0 Å². The van der Waals surface area contributed by atoms with Gasteiger partial charge in [0.2, 0.25) is 0 Å². The van der Waals surface area contributed by atoms with Crippen LogP contribution in [0.15, 0.2) is 60.7 Å². The van der Waals surface area contributed by atoms with Crippen LogP contribution < -0.4 is 0 Å². The number of hydrogen-bond acceptors (Lipinski definition) is 0. The molecule has 0 spiro atoms. The van der Waals surface area contributed by atoms with E-state index in [1.807, 2.05) is 36.4 Å². The molecule has 0 aliphatic carbocycles. The van der Waals surface area contributed by atoms with Gasteiger partial charge in [-0.3, -0.25) is 0 Å². The van der Waals surface area contributed by atoms with E-state index in [2.05, 4.69) is 56.1 Å². The predicted molar refractivity (Wildman–Crippen MR) is 78.1 cm³/mol. The third-order valence-corrected chi connectivity index (χ3v) is 3.28. The minimum Gasteiger partial charge on any atom is -0.0876 e. The average Bonchev–Trinajstić information content (AvgIpc) is 2.41. The lowest BCUT2D eigenvalue weighted by molar-refractivity contribution is 1.30. The standard InChI is InChI=1S/C8H8Br2.C6H6/c9-5-7-3-1-2-4-8(7)6-10;1-2-4-6-5-3-1/h1-4H,5-6H2;1-6H. The Labute approximate surface area is 114 Å². The molecule has 0 aromatic heterocycles. The summed E-state index contributed by atoms with van der Waals surface area (Å²) in [6, 6.07) is 20.4. The molecular weight excluding hydrogens is 328 g/mol. The van der Waals surface area contributed by atoms with Gasteiger partial charge in [0.25, 0.3) is 0 Å². The fraction of sp³-hybridized carbons (Fsp3) is 0.143. The summed E-state index contributed by atoms with van der Waals surface area (Å²) in [4.78, 5) is 0. The number of rotatable bonds is 2. The highest BCUT2D eigenvalue weighted by Crippen LogP contribution is 2.14. The molecule has 0 heterocycles. The lowest BCUT2D eigenvalue weighted by atomic mass is 10.1. The largest absolute Gasteiger partial charge is 0.0876 e. The van der Waals surface area contributed by atoms with Crippen LogP contribution in [0.1, 0.15) is 11.1 Å². The zero-order chi connectivity index (χ0) is 11.6. The SMILES string of the molecule is BrCc1ccccc1CBr.c1ccccc1. The van der Waals surface area contributed by atoms with Crippen LogP contribution in [0.5, 0.6) is 0 Å². The van der Waals surface area contributed by atoms with Crippen molar-refractivity contribution in [3.63, 3.8) is 0 Å². The first-order valence-electron chi connectivity index (χ1n) is 5.07. The molecule has 0 unspecified atom stereocenters. The molecular formula is C14H14Br2. The highest BCUT2D eigenvalue weighted by molar-refractivity contribution is 9.09. The van der Waals surface area contributed by atoms with E-state index in [1.165, 1.54) is 11.1 Å². The normalized spacial score (nSPS) is 9.12. The van der Waals surface area contributed by atoms with Crippen molar-refractivity contribution in [1.82, 2.24) is 0 Å². The van der Waals surface area contributed by atoms with Crippen LogP contribution in [0.3, 0.4) is 0 Å². The molecule has 0 aliphatic heterocycles.